The van der Waals surface area contributed by atoms with Gasteiger partial charge in [-0.25, -0.2) is 0 Å². The summed E-state index contributed by atoms with van der Waals surface area (Å²) in [6, 6.07) is 1.63. The summed E-state index contributed by atoms with van der Waals surface area (Å²) in [5.74, 6) is -1.93. The molecule has 0 aliphatic carbocycles. The zero-order valence-electron chi connectivity index (χ0n) is 9.23. The first kappa shape index (κ1) is 12.3. The van der Waals surface area contributed by atoms with Gasteiger partial charge in [0.2, 0.25) is 0 Å². The highest BCUT2D eigenvalue weighted by Gasteiger charge is 2.43. The van der Waals surface area contributed by atoms with Crippen LogP contribution in [0.5, 0.6) is 0 Å². The average Bonchev–Trinajstić information content (AvgIpc) is 2.70. The van der Waals surface area contributed by atoms with Gasteiger partial charge in [-0.2, -0.15) is 0 Å². The molecule has 16 heavy (non-hydrogen) atoms. The van der Waals surface area contributed by atoms with E-state index in [0.717, 1.165) is 0 Å². The molecule has 0 aliphatic rings. The smallest absolute Gasteiger partial charge is 0.323 e. The van der Waals surface area contributed by atoms with Gasteiger partial charge in [0.15, 0.2) is 5.41 Å². The molecule has 1 aromatic rings. The molecule has 0 radical (unpaired) electrons. The van der Waals surface area contributed by atoms with Crippen LogP contribution in [0.2, 0.25) is 0 Å². The second-order valence-electron chi connectivity index (χ2n) is 3.67. The quantitative estimate of drug-likeness (QED) is 0.607. The van der Waals surface area contributed by atoms with E-state index < -0.39 is 17.4 Å². The zero-order chi connectivity index (χ0) is 12.2. The number of carboxylic acid groups (broad SMARTS) is 1. The van der Waals surface area contributed by atoms with Gasteiger partial charge in [-0.15, -0.1) is 0 Å². The van der Waals surface area contributed by atoms with Crippen LogP contribution in [0.4, 0.5) is 0 Å². The summed E-state index contributed by atoms with van der Waals surface area (Å²) in [6.45, 7) is 3.14. The highest BCUT2D eigenvalue weighted by molar-refractivity contribution is 5.98. The minimum atomic E-state index is -1.57. The van der Waals surface area contributed by atoms with E-state index in [0.29, 0.717) is 5.56 Å². The minimum Gasteiger partial charge on any atom is -0.480 e. The predicted molar refractivity (Wildman–Crippen MR) is 54.8 cm³/mol. The van der Waals surface area contributed by atoms with E-state index in [1.807, 2.05) is 0 Å². The Hall–Kier alpha value is -1.78. The van der Waals surface area contributed by atoms with Crippen LogP contribution in [-0.2, 0) is 20.7 Å². The fourth-order valence-corrected chi connectivity index (χ4v) is 1.33. The summed E-state index contributed by atoms with van der Waals surface area (Å²) < 4.78 is 9.60. The molecule has 0 saturated heterocycles. The van der Waals surface area contributed by atoms with Crippen molar-refractivity contribution in [3.05, 3.63) is 24.2 Å². The Kier molecular flexibility index (Phi) is 3.71. The molecule has 1 atom stereocenters. The maximum absolute atomic E-state index is 11.6. The van der Waals surface area contributed by atoms with E-state index in [9.17, 15) is 9.59 Å². The third-order valence-electron chi connectivity index (χ3n) is 2.34. The van der Waals surface area contributed by atoms with Gasteiger partial charge in [0.25, 0.3) is 0 Å². The van der Waals surface area contributed by atoms with Crippen molar-refractivity contribution >= 4 is 11.9 Å². The third-order valence-corrected chi connectivity index (χ3v) is 2.34. The fraction of sp³-hybridized carbons (Fsp3) is 0.455. The van der Waals surface area contributed by atoms with Gasteiger partial charge in [0, 0.05) is 6.42 Å². The van der Waals surface area contributed by atoms with Crippen LogP contribution in [-0.4, -0.2) is 23.7 Å². The van der Waals surface area contributed by atoms with Crippen LogP contribution in [0.25, 0.3) is 0 Å². The lowest BCUT2D eigenvalue weighted by atomic mass is 9.84. The van der Waals surface area contributed by atoms with Crippen molar-refractivity contribution in [1.29, 1.82) is 0 Å². The molecule has 0 amide bonds. The summed E-state index contributed by atoms with van der Waals surface area (Å²) >= 11 is 0. The lowest BCUT2D eigenvalue weighted by molar-refractivity contribution is -0.167. The third kappa shape index (κ3) is 2.42. The second kappa shape index (κ2) is 4.83. The van der Waals surface area contributed by atoms with Crippen LogP contribution >= 0.6 is 0 Å². The number of esters is 1. The van der Waals surface area contributed by atoms with Gasteiger partial charge in [0.1, 0.15) is 0 Å². The van der Waals surface area contributed by atoms with Crippen molar-refractivity contribution in [3.8, 4) is 0 Å². The number of carbonyl (C=O) groups is 2. The number of hydrogen-bond acceptors (Lipinski definition) is 4. The standard InChI is InChI=1S/C11H14O5/c1-3-16-10(14)11(2,9(12)13)6-8-4-5-15-7-8/h4-5,7H,3,6H2,1-2H3,(H,12,13). The monoisotopic (exact) mass is 226 g/mol. The summed E-state index contributed by atoms with van der Waals surface area (Å²) in [4.78, 5) is 22.7. The normalized spacial score (nSPS) is 14.1. The first-order chi connectivity index (χ1) is 7.50. The topological polar surface area (TPSA) is 76.7 Å². The van der Waals surface area contributed by atoms with Crippen molar-refractivity contribution in [2.75, 3.05) is 6.61 Å². The molecule has 0 aromatic carbocycles. The number of ether oxygens (including phenoxy) is 1. The van der Waals surface area contributed by atoms with Crippen LogP contribution in [0.3, 0.4) is 0 Å². The molecular weight excluding hydrogens is 212 g/mol. The Morgan fingerprint density at radius 3 is 2.69 bits per heavy atom. The number of aliphatic carboxylic acids is 1. The molecule has 1 heterocycles. The molecule has 0 spiro atoms. The fourth-order valence-electron chi connectivity index (χ4n) is 1.33. The molecule has 1 unspecified atom stereocenters. The number of rotatable bonds is 5. The number of hydrogen-bond donors (Lipinski definition) is 1. The van der Waals surface area contributed by atoms with E-state index in [1.54, 1.807) is 13.0 Å². The van der Waals surface area contributed by atoms with E-state index in [-0.39, 0.29) is 13.0 Å². The predicted octanol–water partition coefficient (Wildman–Crippen LogP) is 1.48. The van der Waals surface area contributed by atoms with E-state index in [4.69, 9.17) is 14.3 Å². The van der Waals surface area contributed by atoms with Crippen LogP contribution < -0.4 is 0 Å². The molecular formula is C11H14O5. The van der Waals surface area contributed by atoms with Crippen LogP contribution in [0.15, 0.2) is 23.0 Å². The number of carbonyl (C=O) groups excluding carboxylic acids is 1. The Bertz CT molecular complexity index is 368. The Morgan fingerprint density at radius 1 is 1.56 bits per heavy atom. The van der Waals surface area contributed by atoms with E-state index in [1.165, 1.54) is 19.5 Å². The highest BCUT2D eigenvalue weighted by atomic mass is 16.5. The van der Waals surface area contributed by atoms with E-state index >= 15 is 0 Å². The SMILES string of the molecule is CCOC(=O)C(C)(Cc1ccoc1)C(=O)O. The maximum Gasteiger partial charge on any atom is 0.323 e. The van der Waals surface area contributed by atoms with Crippen molar-refractivity contribution in [2.45, 2.75) is 20.3 Å². The molecule has 5 heteroatoms. The highest BCUT2D eigenvalue weighted by Crippen LogP contribution is 2.25. The van der Waals surface area contributed by atoms with E-state index in [2.05, 4.69) is 0 Å². The van der Waals surface area contributed by atoms with Crippen LogP contribution in [0.1, 0.15) is 19.4 Å². The first-order valence-corrected chi connectivity index (χ1v) is 4.92. The van der Waals surface area contributed by atoms with Crippen molar-refractivity contribution < 1.29 is 23.8 Å². The largest absolute Gasteiger partial charge is 0.480 e. The molecule has 1 aromatic heterocycles. The lowest BCUT2D eigenvalue weighted by Crippen LogP contribution is -2.39. The van der Waals surface area contributed by atoms with Gasteiger partial charge in [-0.05, 0) is 25.5 Å². The van der Waals surface area contributed by atoms with Gasteiger partial charge < -0.3 is 14.3 Å². The lowest BCUT2D eigenvalue weighted by Gasteiger charge is -2.21. The zero-order valence-corrected chi connectivity index (χ0v) is 9.23. The summed E-state index contributed by atoms with van der Waals surface area (Å²) in [6.07, 6.45) is 2.90. The Labute approximate surface area is 93.0 Å². The molecule has 1 rings (SSSR count). The molecule has 88 valence electrons. The molecule has 0 bridgehead atoms. The van der Waals surface area contributed by atoms with Gasteiger partial charge in [-0.1, -0.05) is 0 Å². The first-order valence-electron chi connectivity index (χ1n) is 4.92. The second-order valence-corrected chi connectivity index (χ2v) is 3.67. The molecule has 1 N–H and O–H groups in total. The van der Waals surface area contributed by atoms with Crippen LogP contribution in [0, 0.1) is 5.41 Å². The minimum absolute atomic E-state index is 0.0532. The summed E-state index contributed by atoms with van der Waals surface area (Å²) in [5.41, 5.74) is -0.919. The molecule has 0 saturated carbocycles. The van der Waals surface area contributed by atoms with Gasteiger partial charge in [-0.3, -0.25) is 9.59 Å². The maximum atomic E-state index is 11.6. The summed E-state index contributed by atoms with van der Waals surface area (Å²) in [5, 5.41) is 9.10. The Balaban J connectivity index is 2.88. The number of carboxylic acids is 1. The van der Waals surface area contributed by atoms with Crippen molar-refractivity contribution in [2.24, 2.45) is 5.41 Å². The molecule has 5 nitrogen and oxygen atoms in total. The summed E-state index contributed by atoms with van der Waals surface area (Å²) in [7, 11) is 0. The average molecular weight is 226 g/mol. The van der Waals surface area contributed by atoms with Gasteiger partial charge >= 0.3 is 11.9 Å². The Morgan fingerprint density at radius 2 is 2.25 bits per heavy atom. The van der Waals surface area contributed by atoms with Gasteiger partial charge in [0.05, 0.1) is 19.1 Å². The van der Waals surface area contributed by atoms with Crippen molar-refractivity contribution in [3.63, 3.8) is 0 Å². The number of furan rings is 1. The molecule has 0 fully saturated rings. The van der Waals surface area contributed by atoms with Crippen molar-refractivity contribution in [1.82, 2.24) is 0 Å². The molecule has 0 aliphatic heterocycles.